The predicted molar refractivity (Wildman–Crippen MR) is 98.8 cm³/mol. The van der Waals surface area contributed by atoms with Crippen molar-refractivity contribution in [2.45, 2.75) is 19.8 Å². The molecule has 0 aliphatic carbocycles. The van der Waals surface area contributed by atoms with E-state index in [0.29, 0.717) is 24.3 Å². The van der Waals surface area contributed by atoms with Crippen LogP contribution in [0.1, 0.15) is 24.0 Å². The number of nitrogens with zero attached hydrogens (tertiary/aromatic N) is 1. The lowest BCUT2D eigenvalue weighted by molar-refractivity contribution is -0.130. The number of nitriles is 1. The third-order valence-corrected chi connectivity index (χ3v) is 3.51. The molecule has 0 aromatic heterocycles. The van der Waals surface area contributed by atoms with Gasteiger partial charge in [0.1, 0.15) is 17.6 Å². The van der Waals surface area contributed by atoms with E-state index in [1.165, 1.54) is 0 Å². The summed E-state index contributed by atoms with van der Waals surface area (Å²) in [5, 5.41) is 8.95. The van der Waals surface area contributed by atoms with Crippen molar-refractivity contribution in [3.63, 3.8) is 0 Å². The lowest BCUT2D eigenvalue weighted by Gasteiger charge is -2.10. The van der Waals surface area contributed by atoms with E-state index in [-0.39, 0.29) is 18.9 Å². The quantitative estimate of drug-likeness (QED) is 0.551. The molecule has 0 unspecified atom stereocenters. The number of aryl methyl sites for hydroxylation is 1. The van der Waals surface area contributed by atoms with Gasteiger partial charge in [-0.15, -0.1) is 0 Å². The van der Waals surface area contributed by atoms with Crippen LogP contribution in [-0.4, -0.2) is 25.0 Å². The molecule has 0 heterocycles. The fourth-order valence-corrected chi connectivity index (χ4v) is 2.19. The minimum absolute atomic E-state index is 0.213. The van der Waals surface area contributed by atoms with Crippen molar-refractivity contribution in [3.8, 4) is 17.6 Å². The predicted octanol–water partition coefficient (Wildman–Crippen LogP) is 2.25. The van der Waals surface area contributed by atoms with Gasteiger partial charge in [0.15, 0.2) is 6.61 Å². The smallest absolute Gasteiger partial charge is 0.276 e. The number of ether oxygens (including phenoxy) is 2. The van der Waals surface area contributed by atoms with E-state index in [0.717, 1.165) is 11.3 Å². The minimum atomic E-state index is -0.521. The van der Waals surface area contributed by atoms with E-state index >= 15 is 0 Å². The fourth-order valence-electron chi connectivity index (χ4n) is 2.19. The molecule has 2 amide bonds. The van der Waals surface area contributed by atoms with Gasteiger partial charge in [-0.3, -0.25) is 20.4 Å². The van der Waals surface area contributed by atoms with Gasteiger partial charge in [-0.05, 0) is 43.2 Å². The van der Waals surface area contributed by atoms with Crippen LogP contribution in [-0.2, 0) is 9.59 Å². The van der Waals surface area contributed by atoms with Crippen LogP contribution in [0.5, 0.6) is 11.5 Å². The molecule has 7 nitrogen and oxygen atoms in total. The lowest BCUT2D eigenvalue weighted by Crippen LogP contribution is -2.43. The standard InChI is InChI=1S/C20H21N3O4/c1-15-6-4-8-17(12-15)26-11-5-10-19(24)22-23-20(25)14-27-18-9-3-2-7-16(18)13-21/h2-4,6-9,12H,5,10-11,14H2,1H3,(H,22,24)(H,23,25). The number of hydrazine groups is 1. The number of hydrogen-bond acceptors (Lipinski definition) is 5. The first-order valence-corrected chi connectivity index (χ1v) is 8.47. The van der Waals surface area contributed by atoms with Crippen LogP contribution in [0.2, 0.25) is 0 Å². The highest BCUT2D eigenvalue weighted by Crippen LogP contribution is 2.16. The van der Waals surface area contributed by atoms with Crippen LogP contribution >= 0.6 is 0 Å². The van der Waals surface area contributed by atoms with E-state index in [4.69, 9.17) is 14.7 Å². The van der Waals surface area contributed by atoms with Crippen LogP contribution in [0.3, 0.4) is 0 Å². The molecule has 0 atom stereocenters. The summed E-state index contributed by atoms with van der Waals surface area (Å²) in [6, 6.07) is 16.2. The zero-order chi connectivity index (χ0) is 19.5. The molecule has 0 saturated heterocycles. The Bertz CT molecular complexity index is 830. The average molecular weight is 367 g/mol. The Balaban J connectivity index is 1.60. The molecular formula is C20H21N3O4. The van der Waals surface area contributed by atoms with Crippen LogP contribution in [0.15, 0.2) is 48.5 Å². The van der Waals surface area contributed by atoms with Crippen LogP contribution in [0.25, 0.3) is 0 Å². The van der Waals surface area contributed by atoms with E-state index in [1.807, 2.05) is 37.3 Å². The first kappa shape index (κ1) is 19.8. The van der Waals surface area contributed by atoms with Gasteiger partial charge in [-0.1, -0.05) is 24.3 Å². The first-order valence-electron chi connectivity index (χ1n) is 8.47. The van der Waals surface area contributed by atoms with E-state index in [1.54, 1.807) is 24.3 Å². The van der Waals surface area contributed by atoms with Crippen molar-refractivity contribution >= 4 is 11.8 Å². The van der Waals surface area contributed by atoms with Gasteiger partial charge in [0.25, 0.3) is 5.91 Å². The molecule has 0 bridgehead atoms. The summed E-state index contributed by atoms with van der Waals surface area (Å²) in [6.45, 7) is 2.07. The van der Waals surface area contributed by atoms with Crippen molar-refractivity contribution < 1.29 is 19.1 Å². The van der Waals surface area contributed by atoms with Crippen LogP contribution < -0.4 is 20.3 Å². The van der Waals surface area contributed by atoms with Crippen molar-refractivity contribution in [2.24, 2.45) is 0 Å². The summed E-state index contributed by atoms with van der Waals surface area (Å²) in [5.74, 6) is 0.231. The number of benzene rings is 2. The average Bonchev–Trinajstić information content (AvgIpc) is 2.68. The maximum Gasteiger partial charge on any atom is 0.276 e. The summed E-state index contributed by atoms with van der Waals surface area (Å²) >= 11 is 0. The maximum atomic E-state index is 11.7. The first-order chi connectivity index (χ1) is 13.1. The molecule has 2 aromatic carbocycles. The van der Waals surface area contributed by atoms with Gasteiger partial charge in [0.2, 0.25) is 5.91 Å². The van der Waals surface area contributed by atoms with Crippen LogP contribution in [0.4, 0.5) is 0 Å². The summed E-state index contributed by atoms with van der Waals surface area (Å²) in [5.41, 5.74) is 6.03. The van der Waals surface area contributed by atoms with Gasteiger partial charge in [0, 0.05) is 6.42 Å². The summed E-state index contributed by atoms with van der Waals surface area (Å²) in [4.78, 5) is 23.4. The molecule has 2 aromatic rings. The highest BCUT2D eigenvalue weighted by molar-refractivity contribution is 5.82. The van der Waals surface area contributed by atoms with Crippen LogP contribution in [0, 0.1) is 18.3 Å². The SMILES string of the molecule is Cc1cccc(OCCCC(=O)NNC(=O)COc2ccccc2C#N)c1. The third kappa shape index (κ3) is 7.08. The number of nitrogens with one attached hydrogen (secondary N) is 2. The van der Waals surface area contributed by atoms with Crippen molar-refractivity contribution in [3.05, 3.63) is 59.7 Å². The molecule has 0 aliphatic rings. The highest BCUT2D eigenvalue weighted by Gasteiger charge is 2.08. The number of rotatable bonds is 8. The number of para-hydroxylation sites is 1. The Morgan fingerprint density at radius 2 is 1.81 bits per heavy atom. The minimum Gasteiger partial charge on any atom is -0.494 e. The van der Waals surface area contributed by atoms with Crippen molar-refractivity contribution in [2.75, 3.05) is 13.2 Å². The zero-order valence-electron chi connectivity index (χ0n) is 15.0. The second-order valence-corrected chi connectivity index (χ2v) is 5.76. The Labute approximate surface area is 157 Å². The summed E-state index contributed by atoms with van der Waals surface area (Å²) in [7, 11) is 0. The maximum absolute atomic E-state index is 11.7. The highest BCUT2D eigenvalue weighted by atomic mass is 16.5. The molecule has 0 spiro atoms. The molecule has 7 heteroatoms. The molecule has 0 saturated carbocycles. The van der Waals surface area contributed by atoms with Crippen molar-refractivity contribution in [1.29, 1.82) is 5.26 Å². The number of amides is 2. The van der Waals surface area contributed by atoms with Gasteiger partial charge >= 0.3 is 0 Å². The molecule has 2 N–H and O–H groups in total. The zero-order valence-corrected chi connectivity index (χ0v) is 15.0. The Morgan fingerprint density at radius 1 is 1.04 bits per heavy atom. The number of carbonyl (C=O) groups excluding carboxylic acids is 2. The molecule has 27 heavy (non-hydrogen) atoms. The second-order valence-electron chi connectivity index (χ2n) is 5.76. The van der Waals surface area contributed by atoms with Gasteiger partial charge in [-0.2, -0.15) is 5.26 Å². The van der Waals surface area contributed by atoms with Gasteiger partial charge in [-0.25, -0.2) is 0 Å². The topological polar surface area (TPSA) is 100 Å². The van der Waals surface area contributed by atoms with Gasteiger partial charge in [0.05, 0.1) is 12.2 Å². The molecule has 2 rings (SSSR count). The Hall–Kier alpha value is -3.53. The largest absolute Gasteiger partial charge is 0.494 e. The van der Waals surface area contributed by atoms with Gasteiger partial charge < -0.3 is 9.47 Å². The molecular weight excluding hydrogens is 346 g/mol. The molecule has 0 radical (unpaired) electrons. The Morgan fingerprint density at radius 3 is 2.59 bits per heavy atom. The Kier molecular flexibility index (Phi) is 7.67. The van der Waals surface area contributed by atoms with E-state index < -0.39 is 5.91 Å². The lowest BCUT2D eigenvalue weighted by atomic mass is 10.2. The summed E-state index contributed by atoms with van der Waals surface area (Å²) < 4.78 is 10.8. The molecule has 0 fully saturated rings. The van der Waals surface area contributed by atoms with E-state index in [2.05, 4.69) is 10.9 Å². The molecule has 0 aliphatic heterocycles. The third-order valence-electron chi connectivity index (χ3n) is 3.51. The molecule has 140 valence electrons. The number of hydrogen-bond donors (Lipinski definition) is 2. The normalized spacial score (nSPS) is 9.78. The van der Waals surface area contributed by atoms with E-state index in [9.17, 15) is 9.59 Å². The monoisotopic (exact) mass is 367 g/mol. The summed E-state index contributed by atoms with van der Waals surface area (Å²) in [6.07, 6.45) is 0.728. The number of carbonyl (C=O) groups is 2. The second kappa shape index (κ2) is 10.5. The fraction of sp³-hybridized carbons (Fsp3) is 0.250. The van der Waals surface area contributed by atoms with Crippen molar-refractivity contribution in [1.82, 2.24) is 10.9 Å².